The molecule has 2 aromatic carbocycles. The molecule has 2 amide bonds. The molecule has 0 unspecified atom stereocenters. The summed E-state index contributed by atoms with van der Waals surface area (Å²) in [6.45, 7) is 1.94. The molecule has 0 heterocycles. The summed E-state index contributed by atoms with van der Waals surface area (Å²) in [4.78, 5) is 12.3. The van der Waals surface area contributed by atoms with Crippen LogP contribution in [0, 0.1) is 6.92 Å². The van der Waals surface area contributed by atoms with Gasteiger partial charge in [-0.25, -0.2) is 4.79 Å². The number of amides is 2. The lowest BCUT2D eigenvalue weighted by Gasteiger charge is -2.19. The van der Waals surface area contributed by atoms with Gasteiger partial charge < -0.3 is 20.5 Å². The highest BCUT2D eigenvalue weighted by Gasteiger charge is 2.15. The Balaban J connectivity index is 2.09. The number of methoxy groups -OCH3 is 1. The maximum absolute atomic E-state index is 12.3. The number of hydrogen-bond donors (Lipinski definition) is 3. The number of anilines is 1. The zero-order valence-electron chi connectivity index (χ0n) is 13.4. The third kappa shape index (κ3) is 4.72. The Morgan fingerprint density at radius 3 is 2.61 bits per heavy atom. The van der Waals surface area contributed by atoms with E-state index in [-0.39, 0.29) is 18.7 Å². The maximum atomic E-state index is 12.3. The van der Waals surface area contributed by atoms with Crippen LogP contribution in [0.5, 0.6) is 5.75 Å². The second-order valence-corrected chi connectivity index (χ2v) is 5.28. The maximum Gasteiger partial charge on any atom is 0.319 e. The van der Waals surface area contributed by atoms with Crippen LogP contribution in [0.2, 0.25) is 0 Å². The summed E-state index contributed by atoms with van der Waals surface area (Å²) >= 11 is 0. The summed E-state index contributed by atoms with van der Waals surface area (Å²) in [5.41, 5.74) is 2.59. The van der Waals surface area contributed by atoms with Crippen molar-refractivity contribution in [2.24, 2.45) is 0 Å². The fraction of sp³-hybridized carbons (Fsp3) is 0.278. The van der Waals surface area contributed by atoms with Gasteiger partial charge in [0.15, 0.2) is 0 Å². The normalized spacial score (nSPS) is 11.6. The Morgan fingerprint density at radius 2 is 1.96 bits per heavy atom. The third-order valence-corrected chi connectivity index (χ3v) is 3.53. The van der Waals surface area contributed by atoms with Crippen LogP contribution in [0.4, 0.5) is 10.5 Å². The Morgan fingerprint density at radius 1 is 1.22 bits per heavy atom. The van der Waals surface area contributed by atoms with Gasteiger partial charge in [-0.05, 0) is 36.6 Å². The van der Waals surface area contributed by atoms with Crippen molar-refractivity contribution >= 4 is 11.7 Å². The van der Waals surface area contributed by atoms with Crippen molar-refractivity contribution in [1.29, 1.82) is 0 Å². The molecule has 2 aromatic rings. The zero-order chi connectivity index (χ0) is 16.7. The minimum absolute atomic E-state index is 0.00634. The Hall–Kier alpha value is -2.53. The van der Waals surface area contributed by atoms with Crippen LogP contribution in [-0.4, -0.2) is 24.9 Å². The van der Waals surface area contributed by atoms with Crippen molar-refractivity contribution in [3.63, 3.8) is 0 Å². The van der Waals surface area contributed by atoms with E-state index in [4.69, 9.17) is 4.74 Å². The van der Waals surface area contributed by atoms with E-state index in [1.807, 2.05) is 55.5 Å². The van der Waals surface area contributed by atoms with Gasteiger partial charge in [-0.1, -0.05) is 36.4 Å². The van der Waals surface area contributed by atoms with Crippen LogP contribution in [0.3, 0.4) is 0 Å². The number of aliphatic hydroxyl groups is 1. The number of carbonyl (C=O) groups is 1. The molecule has 0 saturated carbocycles. The molecule has 0 spiro atoms. The van der Waals surface area contributed by atoms with E-state index in [9.17, 15) is 9.90 Å². The van der Waals surface area contributed by atoms with Gasteiger partial charge in [-0.3, -0.25) is 0 Å². The molecule has 23 heavy (non-hydrogen) atoms. The first kappa shape index (κ1) is 16.8. The molecular weight excluding hydrogens is 292 g/mol. The van der Waals surface area contributed by atoms with Crippen LogP contribution in [0.1, 0.15) is 23.6 Å². The Kier molecular flexibility index (Phi) is 6.00. The number of carbonyl (C=O) groups excluding carboxylic acids is 1. The number of benzene rings is 2. The molecule has 122 valence electrons. The summed E-state index contributed by atoms with van der Waals surface area (Å²) in [7, 11) is 1.56. The van der Waals surface area contributed by atoms with Crippen molar-refractivity contribution in [2.45, 2.75) is 19.4 Å². The van der Waals surface area contributed by atoms with Crippen molar-refractivity contribution in [1.82, 2.24) is 5.32 Å². The van der Waals surface area contributed by atoms with Gasteiger partial charge in [-0.15, -0.1) is 0 Å². The highest BCUT2D eigenvalue weighted by Crippen LogP contribution is 2.25. The minimum Gasteiger partial charge on any atom is -0.495 e. The number of nitrogens with one attached hydrogen (secondary N) is 2. The SMILES string of the molecule is COc1ccc(C)cc1NC(=O)N[C@H](CCO)c1ccccc1. The minimum atomic E-state index is -0.337. The van der Waals surface area contributed by atoms with Crippen LogP contribution in [0.25, 0.3) is 0 Å². The largest absolute Gasteiger partial charge is 0.495 e. The molecule has 0 saturated heterocycles. The van der Waals surface area contributed by atoms with Crippen LogP contribution in [-0.2, 0) is 0 Å². The fourth-order valence-electron chi connectivity index (χ4n) is 2.37. The highest BCUT2D eigenvalue weighted by atomic mass is 16.5. The average molecular weight is 314 g/mol. The average Bonchev–Trinajstić information content (AvgIpc) is 2.55. The molecule has 5 nitrogen and oxygen atoms in total. The van der Waals surface area contributed by atoms with Crippen molar-refractivity contribution < 1.29 is 14.6 Å². The molecule has 0 fully saturated rings. The highest BCUT2D eigenvalue weighted by molar-refractivity contribution is 5.91. The van der Waals surface area contributed by atoms with Crippen LogP contribution >= 0.6 is 0 Å². The molecule has 1 atom stereocenters. The second-order valence-electron chi connectivity index (χ2n) is 5.28. The van der Waals surface area contributed by atoms with E-state index in [1.165, 1.54) is 0 Å². The van der Waals surface area contributed by atoms with E-state index in [2.05, 4.69) is 10.6 Å². The summed E-state index contributed by atoms with van der Waals surface area (Å²) in [5, 5.41) is 14.9. The van der Waals surface area contributed by atoms with E-state index in [1.54, 1.807) is 7.11 Å². The number of rotatable bonds is 6. The first-order chi connectivity index (χ1) is 11.1. The van der Waals surface area contributed by atoms with Crippen molar-refractivity contribution in [2.75, 3.05) is 19.0 Å². The van der Waals surface area contributed by atoms with Gasteiger partial charge in [0.2, 0.25) is 0 Å². The topological polar surface area (TPSA) is 70.6 Å². The first-order valence-electron chi connectivity index (χ1n) is 7.52. The van der Waals surface area contributed by atoms with E-state index < -0.39 is 0 Å². The number of ether oxygens (including phenoxy) is 1. The Bertz CT molecular complexity index is 644. The Labute approximate surface area is 136 Å². The number of aliphatic hydroxyl groups excluding tert-OH is 1. The standard InChI is InChI=1S/C18H22N2O3/c1-13-8-9-17(23-2)16(12-13)20-18(22)19-15(10-11-21)14-6-4-3-5-7-14/h3-9,12,15,21H,10-11H2,1-2H3,(H2,19,20,22)/t15-/m1/s1. The molecule has 0 aromatic heterocycles. The number of aryl methyl sites for hydroxylation is 1. The van der Waals surface area contributed by atoms with Gasteiger partial charge >= 0.3 is 6.03 Å². The van der Waals surface area contributed by atoms with Crippen LogP contribution in [0.15, 0.2) is 48.5 Å². The van der Waals surface area contributed by atoms with Gasteiger partial charge in [0.25, 0.3) is 0 Å². The zero-order valence-corrected chi connectivity index (χ0v) is 13.4. The van der Waals surface area contributed by atoms with E-state index >= 15 is 0 Å². The summed E-state index contributed by atoms with van der Waals surface area (Å²) < 4.78 is 5.26. The molecule has 0 aliphatic rings. The van der Waals surface area contributed by atoms with E-state index in [0.717, 1.165) is 11.1 Å². The predicted molar refractivity (Wildman–Crippen MR) is 90.8 cm³/mol. The third-order valence-electron chi connectivity index (χ3n) is 3.53. The summed E-state index contributed by atoms with van der Waals surface area (Å²) in [5.74, 6) is 0.601. The molecule has 0 aliphatic carbocycles. The molecule has 0 aliphatic heterocycles. The van der Waals surface area contributed by atoms with Gasteiger partial charge in [0.1, 0.15) is 5.75 Å². The number of hydrogen-bond acceptors (Lipinski definition) is 3. The molecular formula is C18H22N2O3. The molecule has 5 heteroatoms. The molecule has 0 bridgehead atoms. The van der Waals surface area contributed by atoms with Gasteiger partial charge in [-0.2, -0.15) is 0 Å². The predicted octanol–water partition coefficient (Wildman–Crippen LogP) is 3.25. The lowest BCUT2D eigenvalue weighted by atomic mass is 10.0. The van der Waals surface area contributed by atoms with Crippen LogP contribution < -0.4 is 15.4 Å². The smallest absolute Gasteiger partial charge is 0.319 e. The van der Waals surface area contributed by atoms with Crippen molar-refractivity contribution in [3.8, 4) is 5.75 Å². The second kappa shape index (κ2) is 8.19. The summed E-state index contributed by atoms with van der Waals surface area (Å²) in [6.07, 6.45) is 0.447. The number of urea groups is 1. The fourth-order valence-corrected chi connectivity index (χ4v) is 2.37. The quantitative estimate of drug-likeness (QED) is 0.766. The monoisotopic (exact) mass is 314 g/mol. The lowest BCUT2D eigenvalue weighted by molar-refractivity contribution is 0.239. The van der Waals surface area contributed by atoms with Gasteiger partial charge in [0.05, 0.1) is 18.8 Å². The molecule has 0 radical (unpaired) electrons. The van der Waals surface area contributed by atoms with Gasteiger partial charge in [0, 0.05) is 6.61 Å². The molecule has 2 rings (SSSR count). The first-order valence-corrected chi connectivity index (χ1v) is 7.52. The molecule has 3 N–H and O–H groups in total. The lowest BCUT2D eigenvalue weighted by Crippen LogP contribution is -2.33. The van der Waals surface area contributed by atoms with E-state index in [0.29, 0.717) is 17.9 Å². The summed E-state index contributed by atoms with van der Waals surface area (Å²) in [6, 6.07) is 14.6. The van der Waals surface area contributed by atoms with Crippen molar-refractivity contribution in [3.05, 3.63) is 59.7 Å².